The van der Waals surface area contributed by atoms with Crippen LogP contribution in [0.2, 0.25) is 0 Å². The van der Waals surface area contributed by atoms with Crippen LogP contribution >= 0.6 is 11.5 Å². The molecular formula is C27H31N5O5S. The Balaban J connectivity index is 1.84. The van der Waals surface area contributed by atoms with Crippen molar-refractivity contribution in [2.75, 3.05) is 30.9 Å². The quantitative estimate of drug-likeness (QED) is 0.379. The number of aromatic nitrogens is 1. The summed E-state index contributed by atoms with van der Waals surface area (Å²) in [4.78, 5) is 41.3. The fourth-order valence-corrected chi connectivity index (χ4v) is 5.24. The molecule has 1 aliphatic rings. The van der Waals surface area contributed by atoms with E-state index >= 15 is 0 Å². The van der Waals surface area contributed by atoms with E-state index in [1.165, 1.54) is 4.90 Å². The molecule has 5 N–H and O–H groups in total. The lowest BCUT2D eigenvalue weighted by Crippen LogP contribution is -2.46. The molecule has 3 aromatic rings. The van der Waals surface area contributed by atoms with Gasteiger partial charge < -0.3 is 26.3 Å². The minimum atomic E-state index is -1.07. The van der Waals surface area contributed by atoms with Crippen LogP contribution in [-0.4, -0.2) is 48.5 Å². The van der Waals surface area contributed by atoms with Crippen LogP contribution < -0.4 is 26.4 Å². The van der Waals surface area contributed by atoms with E-state index in [0.717, 1.165) is 35.5 Å². The number of primary amides is 1. The molecule has 0 unspecified atom stereocenters. The average Bonchev–Trinajstić information content (AvgIpc) is 3.56. The lowest BCUT2D eigenvalue weighted by molar-refractivity contribution is -0.123. The molecule has 11 heteroatoms. The zero-order valence-electron chi connectivity index (χ0n) is 21.5. The highest BCUT2D eigenvalue weighted by Crippen LogP contribution is 2.35. The van der Waals surface area contributed by atoms with Crippen molar-refractivity contribution in [3.63, 3.8) is 0 Å². The van der Waals surface area contributed by atoms with Crippen molar-refractivity contribution >= 4 is 40.6 Å². The van der Waals surface area contributed by atoms with Crippen LogP contribution in [0.3, 0.4) is 0 Å². The van der Waals surface area contributed by atoms with Crippen molar-refractivity contribution in [3.05, 3.63) is 69.7 Å². The summed E-state index contributed by atoms with van der Waals surface area (Å²) in [6.07, 6.45) is 1.69. The molecule has 1 saturated heterocycles. The predicted octanol–water partition coefficient (Wildman–Crippen LogP) is 3.13. The number of carbonyl (C=O) groups excluding carboxylic acids is 3. The monoisotopic (exact) mass is 537 g/mol. The molecule has 200 valence electrons. The zero-order chi connectivity index (χ0) is 27.4. The first kappa shape index (κ1) is 27.1. The van der Waals surface area contributed by atoms with Gasteiger partial charge in [0, 0.05) is 18.8 Å². The van der Waals surface area contributed by atoms with E-state index in [9.17, 15) is 14.4 Å². The molecule has 4 rings (SSSR count). The molecule has 0 bridgehead atoms. The first-order valence-corrected chi connectivity index (χ1v) is 13.0. The highest BCUT2D eigenvalue weighted by Gasteiger charge is 2.37. The van der Waals surface area contributed by atoms with Crippen molar-refractivity contribution in [2.45, 2.75) is 38.8 Å². The second-order valence-electron chi connectivity index (χ2n) is 9.16. The van der Waals surface area contributed by atoms with Gasteiger partial charge in [0.2, 0.25) is 5.91 Å². The van der Waals surface area contributed by atoms with Crippen LogP contribution in [0.5, 0.6) is 5.75 Å². The van der Waals surface area contributed by atoms with Crippen LogP contribution in [0.25, 0.3) is 0 Å². The van der Waals surface area contributed by atoms with Gasteiger partial charge in [-0.1, -0.05) is 29.8 Å². The predicted molar refractivity (Wildman–Crippen MR) is 145 cm³/mol. The number of rotatable bonds is 9. The largest absolute Gasteiger partial charge is 0.497 e. The number of amides is 3. The first-order chi connectivity index (χ1) is 18.2. The Hall–Kier alpha value is -3.96. The fraction of sp³-hybridized carbons (Fsp3) is 0.333. The van der Waals surface area contributed by atoms with Crippen LogP contribution in [0.4, 0.5) is 11.4 Å². The molecule has 1 aliphatic heterocycles. The van der Waals surface area contributed by atoms with Gasteiger partial charge in [-0.3, -0.25) is 19.3 Å². The Morgan fingerprint density at radius 1 is 1.21 bits per heavy atom. The highest BCUT2D eigenvalue weighted by molar-refractivity contribution is 7.09. The Kier molecular flexibility index (Phi) is 8.28. The van der Waals surface area contributed by atoms with Gasteiger partial charge in [0.25, 0.3) is 11.8 Å². The third-order valence-electron chi connectivity index (χ3n) is 6.45. The van der Waals surface area contributed by atoms with E-state index in [1.807, 2.05) is 26.0 Å². The van der Waals surface area contributed by atoms with Gasteiger partial charge in [0.15, 0.2) is 5.69 Å². The van der Waals surface area contributed by atoms with Crippen molar-refractivity contribution in [1.82, 2.24) is 9.69 Å². The lowest BCUT2D eigenvalue weighted by atomic mass is 10.00. The number of anilines is 2. The minimum absolute atomic E-state index is 0.0178. The summed E-state index contributed by atoms with van der Waals surface area (Å²) in [7, 11) is 1.55. The molecule has 1 fully saturated rings. The number of hydrogen-bond acceptors (Lipinski definition) is 8. The van der Waals surface area contributed by atoms with Crippen molar-refractivity contribution < 1.29 is 23.9 Å². The maximum atomic E-state index is 14.2. The summed E-state index contributed by atoms with van der Waals surface area (Å²) >= 11 is 0.770. The van der Waals surface area contributed by atoms with Crippen molar-refractivity contribution in [2.24, 2.45) is 5.73 Å². The van der Waals surface area contributed by atoms with Gasteiger partial charge in [-0.05, 0) is 67.5 Å². The molecule has 3 amide bonds. The number of ether oxygens (including phenoxy) is 2. The van der Waals surface area contributed by atoms with Crippen molar-refractivity contribution in [1.29, 1.82) is 0 Å². The van der Waals surface area contributed by atoms with E-state index < -0.39 is 23.8 Å². The average molecular weight is 538 g/mol. The summed E-state index contributed by atoms with van der Waals surface area (Å²) in [5, 5.41) is 2.97. The van der Waals surface area contributed by atoms with Crippen LogP contribution in [0, 0.1) is 13.8 Å². The number of nitrogens with zero attached hydrogens (tertiary/aromatic N) is 2. The molecule has 0 aliphatic carbocycles. The molecule has 2 heterocycles. The van der Waals surface area contributed by atoms with E-state index in [2.05, 4.69) is 9.69 Å². The minimum Gasteiger partial charge on any atom is -0.497 e. The van der Waals surface area contributed by atoms with Gasteiger partial charge in [-0.2, -0.15) is 4.37 Å². The normalized spacial score (nSPS) is 15.6. The van der Waals surface area contributed by atoms with Gasteiger partial charge in [0.05, 0.1) is 18.9 Å². The molecule has 1 aromatic heterocycles. The third-order valence-corrected chi connectivity index (χ3v) is 7.30. The molecule has 0 spiro atoms. The third kappa shape index (κ3) is 5.63. The second-order valence-corrected chi connectivity index (χ2v) is 9.93. The number of aryl methyl sites for hydroxylation is 2. The maximum absolute atomic E-state index is 14.2. The smallest absolute Gasteiger partial charge is 0.273 e. The number of nitrogens with one attached hydrogen (secondary N) is 1. The molecule has 2 aromatic carbocycles. The van der Waals surface area contributed by atoms with Gasteiger partial charge in [-0.25, -0.2) is 0 Å². The van der Waals surface area contributed by atoms with Crippen molar-refractivity contribution in [3.8, 4) is 5.75 Å². The molecular weight excluding hydrogens is 506 g/mol. The molecule has 2 atom stereocenters. The van der Waals surface area contributed by atoms with E-state index in [1.54, 1.807) is 37.4 Å². The Labute approximate surface area is 225 Å². The highest BCUT2D eigenvalue weighted by atomic mass is 32.1. The van der Waals surface area contributed by atoms with Gasteiger partial charge in [0.1, 0.15) is 16.7 Å². The number of hydrogen-bond donors (Lipinski definition) is 3. The molecule has 10 nitrogen and oxygen atoms in total. The first-order valence-electron chi connectivity index (χ1n) is 12.2. The summed E-state index contributed by atoms with van der Waals surface area (Å²) in [6, 6.07) is 11.4. The summed E-state index contributed by atoms with van der Waals surface area (Å²) in [6.45, 7) is 4.78. The van der Waals surface area contributed by atoms with E-state index in [0.29, 0.717) is 30.2 Å². The van der Waals surface area contributed by atoms with E-state index in [4.69, 9.17) is 20.9 Å². The fourth-order valence-electron chi connectivity index (χ4n) is 4.50. The van der Waals surface area contributed by atoms with Gasteiger partial charge >= 0.3 is 0 Å². The standard InChI is InChI=1S/C27H31N5O5S/c1-15-6-11-20(16(2)13-15)32(27(35)24-21(28)22(25(29)33)31-38-24)23(17-7-9-18(36-3)10-8-17)26(34)30-14-19-5-4-12-37-19/h6-11,13,19,23H,4-5,12,14,28H2,1-3H3,(H2,29,33)(H,30,34)/t19-,23-/m0/s1. The molecule has 0 saturated carbocycles. The van der Waals surface area contributed by atoms with Crippen LogP contribution in [-0.2, 0) is 9.53 Å². The Morgan fingerprint density at radius 3 is 2.53 bits per heavy atom. The van der Waals surface area contributed by atoms with E-state index in [-0.39, 0.29) is 22.4 Å². The second kappa shape index (κ2) is 11.6. The molecule has 38 heavy (non-hydrogen) atoms. The maximum Gasteiger partial charge on any atom is 0.273 e. The van der Waals surface area contributed by atoms with Crippen LogP contribution in [0.15, 0.2) is 42.5 Å². The number of nitrogens with two attached hydrogens (primary N) is 2. The topological polar surface area (TPSA) is 150 Å². The Morgan fingerprint density at radius 2 is 1.95 bits per heavy atom. The number of carbonyl (C=O) groups is 3. The zero-order valence-corrected chi connectivity index (χ0v) is 22.3. The summed E-state index contributed by atoms with van der Waals surface area (Å²) < 4.78 is 15.0. The molecule has 0 radical (unpaired) electrons. The summed E-state index contributed by atoms with van der Waals surface area (Å²) in [5.41, 5.74) is 14.1. The number of benzene rings is 2. The lowest BCUT2D eigenvalue weighted by Gasteiger charge is -2.32. The summed E-state index contributed by atoms with van der Waals surface area (Å²) in [5.74, 6) is -1.20. The Bertz CT molecular complexity index is 1330. The number of nitrogen functional groups attached to an aromatic ring is 1. The van der Waals surface area contributed by atoms with Crippen LogP contribution in [0.1, 0.15) is 55.7 Å². The van der Waals surface area contributed by atoms with Gasteiger partial charge in [-0.15, -0.1) is 0 Å². The SMILES string of the molecule is COc1ccc([C@@H](C(=O)NC[C@@H]2CCCO2)N(C(=O)c2snc(C(N)=O)c2N)c2ccc(C)cc2C)cc1. The number of methoxy groups -OCH3 is 1.